The minimum Gasteiger partial charge on any atom is -0.347 e. The molecule has 0 radical (unpaired) electrons. The van der Waals surface area contributed by atoms with Crippen LogP contribution in [0.25, 0.3) is 0 Å². The normalized spacial score (nSPS) is 10.1. The van der Waals surface area contributed by atoms with Crippen LogP contribution in [-0.2, 0) is 6.54 Å². The summed E-state index contributed by atoms with van der Waals surface area (Å²) in [5.41, 5.74) is -1.34. The lowest BCUT2D eigenvalue weighted by molar-refractivity contribution is -0.422. The number of carbonyl (C=O) groups is 1. The van der Waals surface area contributed by atoms with Gasteiger partial charge in [0.15, 0.2) is 0 Å². The predicted molar refractivity (Wildman–Crippen MR) is 75.2 cm³/mol. The Labute approximate surface area is 122 Å². The van der Waals surface area contributed by atoms with E-state index in [-0.39, 0.29) is 5.56 Å². The highest BCUT2D eigenvalue weighted by Crippen LogP contribution is 2.27. The molecule has 0 aliphatic carbocycles. The van der Waals surface area contributed by atoms with Gasteiger partial charge in [0.25, 0.3) is 5.91 Å². The number of rotatable bonds is 5. The summed E-state index contributed by atoms with van der Waals surface area (Å²) in [4.78, 5) is 32.6. The number of hydrogen-bond donors (Lipinski definition) is 1. The second kappa shape index (κ2) is 6.09. The summed E-state index contributed by atoms with van der Waals surface area (Å²) in [7, 11) is 0. The zero-order valence-corrected chi connectivity index (χ0v) is 11.3. The molecule has 0 saturated heterocycles. The third-order valence-electron chi connectivity index (χ3n) is 2.63. The van der Waals surface area contributed by atoms with Crippen LogP contribution < -0.4 is 5.32 Å². The molecule has 1 aromatic carbocycles. The molecule has 108 valence electrons. The Hall–Kier alpha value is -2.81. The highest BCUT2D eigenvalue weighted by atomic mass is 32.1. The van der Waals surface area contributed by atoms with Crippen LogP contribution >= 0.6 is 11.3 Å². The second-order valence-electron chi connectivity index (χ2n) is 3.98. The molecule has 2 rings (SSSR count). The van der Waals surface area contributed by atoms with Crippen LogP contribution in [0.4, 0.5) is 11.4 Å². The van der Waals surface area contributed by atoms with Crippen LogP contribution in [0.15, 0.2) is 35.7 Å². The van der Waals surface area contributed by atoms with Crippen molar-refractivity contribution in [1.82, 2.24) is 5.32 Å². The van der Waals surface area contributed by atoms with E-state index < -0.39 is 27.1 Å². The van der Waals surface area contributed by atoms with Crippen molar-refractivity contribution in [2.24, 2.45) is 0 Å². The fraction of sp³-hybridized carbons (Fsp3) is 0.0833. The van der Waals surface area contributed by atoms with Gasteiger partial charge in [-0.1, -0.05) is 6.07 Å². The maximum absolute atomic E-state index is 11.9. The molecule has 0 bridgehead atoms. The molecule has 1 aromatic heterocycles. The molecular formula is C12H9N3O5S. The lowest BCUT2D eigenvalue weighted by atomic mass is 10.1. The number of thiophene rings is 1. The van der Waals surface area contributed by atoms with Gasteiger partial charge in [0.05, 0.1) is 16.4 Å². The molecule has 8 nitrogen and oxygen atoms in total. The van der Waals surface area contributed by atoms with Crippen molar-refractivity contribution in [3.05, 3.63) is 66.4 Å². The minimum absolute atomic E-state index is 0.00357. The van der Waals surface area contributed by atoms with E-state index in [1.165, 1.54) is 17.4 Å². The zero-order valence-electron chi connectivity index (χ0n) is 10.5. The largest absolute Gasteiger partial charge is 0.347 e. The third-order valence-corrected chi connectivity index (χ3v) is 3.51. The Morgan fingerprint density at radius 1 is 1.14 bits per heavy atom. The fourth-order valence-electron chi connectivity index (χ4n) is 1.65. The Morgan fingerprint density at radius 2 is 1.86 bits per heavy atom. The minimum atomic E-state index is -0.881. The molecule has 1 amide bonds. The molecule has 0 aliphatic rings. The van der Waals surface area contributed by atoms with Gasteiger partial charge in [-0.15, -0.1) is 11.3 Å². The van der Waals surface area contributed by atoms with E-state index in [2.05, 4.69) is 5.32 Å². The Balaban J connectivity index is 2.19. The Morgan fingerprint density at radius 3 is 2.43 bits per heavy atom. The molecule has 2 aromatic rings. The number of hydrogen-bond acceptors (Lipinski definition) is 6. The highest BCUT2D eigenvalue weighted by molar-refractivity contribution is 7.09. The fourth-order valence-corrected chi connectivity index (χ4v) is 2.29. The highest BCUT2D eigenvalue weighted by Gasteiger charge is 2.25. The maximum atomic E-state index is 11.9. The van der Waals surface area contributed by atoms with Crippen molar-refractivity contribution >= 4 is 28.6 Å². The van der Waals surface area contributed by atoms with Crippen LogP contribution in [0.5, 0.6) is 0 Å². The van der Waals surface area contributed by atoms with Gasteiger partial charge in [-0.05, 0) is 17.5 Å². The molecule has 0 fully saturated rings. The van der Waals surface area contributed by atoms with Crippen LogP contribution in [0, 0.1) is 20.2 Å². The Kier molecular flexibility index (Phi) is 4.24. The molecule has 1 N–H and O–H groups in total. The van der Waals surface area contributed by atoms with Gasteiger partial charge in [0.1, 0.15) is 0 Å². The maximum Gasteiger partial charge on any atom is 0.346 e. The molecule has 0 spiro atoms. The number of amides is 1. The smallest absolute Gasteiger partial charge is 0.346 e. The first-order valence-electron chi connectivity index (χ1n) is 5.72. The summed E-state index contributed by atoms with van der Waals surface area (Å²) in [5.74, 6) is -0.526. The third kappa shape index (κ3) is 3.39. The first kappa shape index (κ1) is 14.6. The van der Waals surface area contributed by atoms with Crippen molar-refractivity contribution in [2.75, 3.05) is 0 Å². The SMILES string of the molecule is O=C(NCc1cccs1)c1ccc([N+](=O)[O-])c([N+](=O)[O-])c1. The summed E-state index contributed by atoms with van der Waals surface area (Å²) < 4.78 is 0. The number of nitro benzene ring substituents is 2. The average molecular weight is 307 g/mol. The number of benzene rings is 1. The van der Waals surface area contributed by atoms with E-state index in [1.54, 1.807) is 0 Å². The molecule has 1 heterocycles. The van der Waals surface area contributed by atoms with Crippen molar-refractivity contribution in [3.8, 4) is 0 Å². The van der Waals surface area contributed by atoms with Crippen LogP contribution in [0.1, 0.15) is 15.2 Å². The van der Waals surface area contributed by atoms with E-state index in [1.807, 2.05) is 17.5 Å². The lowest BCUT2D eigenvalue weighted by Gasteiger charge is -2.04. The van der Waals surface area contributed by atoms with E-state index in [0.29, 0.717) is 6.54 Å². The zero-order chi connectivity index (χ0) is 15.4. The van der Waals surface area contributed by atoms with Crippen molar-refractivity contribution < 1.29 is 14.6 Å². The molecule has 21 heavy (non-hydrogen) atoms. The van der Waals surface area contributed by atoms with Crippen molar-refractivity contribution in [2.45, 2.75) is 6.54 Å². The van der Waals surface area contributed by atoms with Crippen molar-refractivity contribution in [1.29, 1.82) is 0 Å². The van der Waals surface area contributed by atoms with Gasteiger partial charge < -0.3 is 5.32 Å². The number of nitrogens with zero attached hydrogens (tertiary/aromatic N) is 2. The summed E-state index contributed by atoms with van der Waals surface area (Å²) in [5, 5.41) is 26.0. The first-order chi connectivity index (χ1) is 9.99. The summed E-state index contributed by atoms with van der Waals surface area (Å²) in [6.45, 7) is 0.293. The van der Waals surface area contributed by atoms with Crippen molar-refractivity contribution in [3.63, 3.8) is 0 Å². The van der Waals surface area contributed by atoms with Gasteiger partial charge >= 0.3 is 11.4 Å². The monoisotopic (exact) mass is 307 g/mol. The second-order valence-corrected chi connectivity index (χ2v) is 5.01. The van der Waals surface area contributed by atoms with E-state index in [4.69, 9.17) is 0 Å². The van der Waals surface area contributed by atoms with Crippen LogP contribution in [0.3, 0.4) is 0 Å². The van der Waals surface area contributed by atoms with Crippen LogP contribution in [0.2, 0.25) is 0 Å². The predicted octanol–water partition coefficient (Wildman–Crippen LogP) is 2.49. The van der Waals surface area contributed by atoms with E-state index in [0.717, 1.165) is 17.0 Å². The quantitative estimate of drug-likeness (QED) is 0.673. The summed E-state index contributed by atoms with van der Waals surface area (Å²) >= 11 is 1.46. The summed E-state index contributed by atoms with van der Waals surface area (Å²) in [6, 6.07) is 6.72. The van der Waals surface area contributed by atoms with E-state index in [9.17, 15) is 25.0 Å². The van der Waals surface area contributed by atoms with Gasteiger partial charge in [-0.3, -0.25) is 25.0 Å². The first-order valence-corrected chi connectivity index (χ1v) is 6.60. The molecule has 0 unspecified atom stereocenters. The van der Waals surface area contributed by atoms with E-state index >= 15 is 0 Å². The summed E-state index contributed by atoms with van der Waals surface area (Å²) in [6.07, 6.45) is 0. The lowest BCUT2D eigenvalue weighted by Crippen LogP contribution is -2.22. The standard InChI is InChI=1S/C12H9N3O5S/c16-12(13-7-9-2-1-5-21-9)8-3-4-10(14(17)18)11(6-8)15(19)20/h1-6H,7H2,(H,13,16). The topological polar surface area (TPSA) is 115 Å². The molecule has 0 atom stereocenters. The van der Waals surface area contributed by atoms with Gasteiger partial charge in [-0.2, -0.15) is 0 Å². The average Bonchev–Trinajstić information content (AvgIpc) is 2.97. The number of carbonyl (C=O) groups excluding carboxylic acids is 1. The molecule has 0 saturated carbocycles. The molecule has 0 aliphatic heterocycles. The van der Waals surface area contributed by atoms with Gasteiger partial charge in [0, 0.05) is 22.6 Å². The molecular weight excluding hydrogens is 298 g/mol. The van der Waals surface area contributed by atoms with Gasteiger partial charge in [-0.25, -0.2) is 0 Å². The Bertz CT molecular complexity index is 699. The number of nitro groups is 2. The van der Waals surface area contributed by atoms with Gasteiger partial charge in [0.2, 0.25) is 0 Å². The molecule has 9 heteroatoms. The number of nitrogens with one attached hydrogen (secondary N) is 1. The van der Waals surface area contributed by atoms with Crippen LogP contribution in [-0.4, -0.2) is 15.8 Å².